The number of ether oxygens (including phenoxy) is 2. The third kappa shape index (κ3) is 5.22. The third-order valence-electron chi connectivity index (χ3n) is 4.35. The monoisotopic (exact) mass is 352 g/mol. The van der Waals surface area contributed by atoms with Crippen LogP contribution in [-0.4, -0.2) is 87.5 Å². The van der Waals surface area contributed by atoms with Crippen LogP contribution in [0.4, 0.5) is 5.69 Å². The Morgan fingerprint density at radius 3 is 2.12 bits per heavy atom. The standard InChI is InChI=1S/C17H28N4O4/c1-24-14-11-13(18)12-15(25-2)16(14)17(23)19-3-4-20-5-7-21(8-6-20)9-10-22/h11-12,22H,3-10,18H2,1-2H3,(H,19,23). The minimum absolute atomic E-state index is 0.196. The van der Waals surface area contributed by atoms with Gasteiger partial charge in [0.1, 0.15) is 17.1 Å². The lowest BCUT2D eigenvalue weighted by Gasteiger charge is -2.34. The summed E-state index contributed by atoms with van der Waals surface area (Å²) in [6.45, 7) is 5.98. The molecule has 1 aliphatic heterocycles. The normalized spacial score (nSPS) is 15.8. The maximum atomic E-state index is 12.5. The molecule has 0 spiro atoms. The molecule has 140 valence electrons. The van der Waals surface area contributed by atoms with E-state index in [4.69, 9.17) is 20.3 Å². The molecule has 1 heterocycles. The van der Waals surface area contributed by atoms with Gasteiger partial charge in [0, 0.05) is 63.6 Å². The maximum Gasteiger partial charge on any atom is 0.258 e. The van der Waals surface area contributed by atoms with Gasteiger partial charge < -0.3 is 25.6 Å². The molecule has 1 saturated heterocycles. The predicted octanol–water partition coefficient (Wildman–Crippen LogP) is -0.374. The van der Waals surface area contributed by atoms with Crippen molar-refractivity contribution < 1.29 is 19.4 Å². The molecule has 0 bridgehead atoms. The number of hydrogen-bond acceptors (Lipinski definition) is 7. The summed E-state index contributed by atoms with van der Waals surface area (Å²) in [6.07, 6.45) is 0. The fourth-order valence-corrected chi connectivity index (χ4v) is 2.95. The molecule has 0 saturated carbocycles. The third-order valence-corrected chi connectivity index (χ3v) is 4.35. The quantitative estimate of drug-likeness (QED) is 0.549. The summed E-state index contributed by atoms with van der Waals surface area (Å²) >= 11 is 0. The molecule has 0 aliphatic carbocycles. The van der Waals surface area contributed by atoms with Gasteiger partial charge in [0.05, 0.1) is 20.8 Å². The van der Waals surface area contributed by atoms with E-state index in [-0.39, 0.29) is 12.5 Å². The Hall–Kier alpha value is -2.03. The number of amides is 1. The van der Waals surface area contributed by atoms with Crippen LogP contribution < -0.4 is 20.5 Å². The number of piperazine rings is 1. The van der Waals surface area contributed by atoms with Crippen LogP contribution in [0.2, 0.25) is 0 Å². The van der Waals surface area contributed by atoms with Crippen LogP contribution in [0.25, 0.3) is 0 Å². The number of rotatable bonds is 8. The summed E-state index contributed by atoms with van der Waals surface area (Å²) in [5.41, 5.74) is 6.62. The van der Waals surface area contributed by atoms with Crippen molar-refractivity contribution in [2.24, 2.45) is 0 Å². The SMILES string of the molecule is COc1cc(N)cc(OC)c1C(=O)NCCN1CCN(CCO)CC1. The molecule has 1 aliphatic rings. The number of aliphatic hydroxyl groups is 1. The van der Waals surface area contributed by atoms with Gasteiger partial charge in [-0.1, -0.05) is 0 Å². The number of nitrogen functional groups attached to an aromatic ring is 1. The summed E-state index contributed by atoms with van der Waals surface area (Å²) in [7, 11) is 2.99. The first-order valence-corrected chi connectivity index (χ1v) is 8.44. The van der Waals surface area contributed by atoms with E-state index in [0.29, 0.717) is 29.3 Å². The number of hydrogen-bond donors (Lipinski definition) is 3. The van der Waals surface area contributed by atoms with E-state index < -0.39 is 0 Å². The minimum atomic E-state index is -0.243. The van der Waals surface area contributed by atoms with Gasteiger partial charge in [-0.25, -0.2) is 0 Å². The van der Waals surface area contributed by atoms with Gasteiger partial charge in [0.2, 0.25) is 0 Å². The van der Waals surface area contributed by atoms with Gasteiger partial charge >= 0.3 is 0 Å². The number of benzene rings is 1. The van der Waals surface area contributed by atoms with Crippen molar-refractivity contribution in [3.8, 4) is 11.5 Å². The van der Waals surface area contributed by atoms with Crippen molar-refractivity contribution in [1.82, 2.24) is 15.1 Å². The number of carbonyl (C=O) groups is 1. The molecule has 25 heavy (non-hydrogen) atoms. The Kier molecular flexibility index (Phi) is 7.30. The van der Waals surface area contributed by atoms with Crippen molar-refractivity contribution in [3.63, 3.8) is 0 Å². The van der Waals surface area contributed by atoms with Crippen LogP contribution in [0.15, 0.2) is 12.1 Å². The van der Waals surface area contributed by atoms with E-state index >= 15 is 0 Å². The molecule has 0 unspecified atom stereocenters. The highest BCUT2D eigenvalue weighted by molar-refractivity contribution is 6.00. The molecule has 0 atom stereocenters. The summed E-state index contributed by atoms with van der Waals surface area (Å²) in [4.78, 5) is 17.1. The van der Waals surface area contributed by atoms with Crippen molar-refractivity contribution in [2.45, 2.75) is 0 Å². The zero-order chi connectivity index (χ0) is 18.2. The lowest BCUT2D eigenvalue weighted by atomic mass is 10.1. The maximum absolute atomic E-state index is 12.5. The van der Waals surface area contributed by atoms with E-state index in [1.165, 1.54) is 14.2 Å². The summed E-state index contributed by atoms with van der Waals surface area (Å²) in [6, 6.07) is 3.22. The minimum Gasteiger partial charge on any atom is -0.496 e. The number of nitrogens with zero attached hydrogens (tertiary/aromatic N) is 2. The molecule has 1 amide bonds. The van der Waals surface area contributed by atoms with E-state index in [2.05, 4.69) is 15.1 Å². The van der Waals surface area contributed by atoms with Gasteiger partial charge in [-0.15, -0.1) is 0 Å². The highest BCUT2D eigenvalue weighted by Gasteiger charge is 2.20. The average Bonchev–Trinajstić information content (AvgIpc) is 2.62. The number of aliphatic hydroxyl groups excluding tert-OH is 1. The number of nitrogens with one attached hydrogen (secondary N) is 1. The Labute approximate surface area is 148 Å². The fourth-order valence-electron chi connectivity index (χ4n) is 2.95. The van der Waals surface area contributed by atoms with Crippen LogP contribution >= 0.6 is 0 Å². The number of methoxy groups -OCH3 is 2. The molecule has 4 N–H and O–H groups in total. The highest BCUT2D eigenvalue weighted by atomic mass is 16.5. The summed E-state index contributed by atoms with van der Waals surface area (Å²) in [5, 5.41) is 11.9. The van der Waals surface area contributed by atoms with Crippen LogP contribution in [0, 0.1) is 0 Å². The lowest BCUT2D eigenvalue weighted by Crippen LogP contribution is -2.49. The van der Waals surface area contributed by atoms with Gasteiger partial charge in [-0.2, -0.15) is 0 Å². The second-order valence-electron chi connectivity index (χ2n) is 5.96. The van der Waals surface area contributed by atoms with E-state index in [1.54, 1.807) is 12.1 Å². The topological polar surface area (TPSA) is 100 Å². The van der Waals surface area contributed by atoms with Gasteiger partial charge in [-0.3, -0.25) is 14.6 Å². The molecule has 8 heteroatoms. The van der Waals surface area contributed by atoms with E-state index in [0.717, 1.165) is 39.3 Å². The molecule has 0 aromatic heterocycles. The van der Waals surface area contributed by atoms with Gasteiger partial charge in [0.25, 0.3) is 5.91 Å². The molecule has 2 rings (SSSR count). The van der Waals surface area contributed by atoms with Crippen LogP contribution in [-0.2, 0) is 0 Å². The molecular weight excluding hydrogens is 324 g/mol. The number of anilines is 1. The van der Waals surface area contributed by atoms with Crippen molar-refractivity contribution >= 4 is 11.6 Å². The smallest absolute Gasteiger partial charge is 0.258 e. The first kappa shape index (κ1) is 19.3. The second-order valence-corrected chi connectivity index (χ2v) is 5.96. The molecule has 8 nitrogen and oxygen atoms in total. The fraction of sp³-hybridized carbons (Fsp3) is 0.588. The number of β-amino-alcohol motifs (C(OH)–C–C–N with tert-alkyl or cyclic N) is 1. The molecule has 1 aromatic rings. The Morgan fingerprint density at radius 2 is 1.64 bits per heavy atom. The second kappa shape index (κ2) is 9.45. The first-order valence-electron chi connectivity index (χ1n) is 8.44. The Balaban J connectivity index is 1.87. The zero-order valence-corrected chi connectivity index (χ0v) is 15.0. The molecular formula is C17H28N4O4. The van der Waals surface area contributed by atoms with Crippen molar-refractivity contribution in [2.75, 3.05) is 72.4 Å². The van der Waals surface area contributed by atoms with Crippen LogP contribution in [0.3, 0.4) is 0 Å². The van der Waals surface area contributed by atoms with Crippen LogP contribution in [0.1, 0.15) is 10.4 Å². The number of carbonyl (C=O) groups excluding carboxylic acids is 1. The predicted molar refractivity (Wildman–Crippen MR) is 96.3 cm³/mol. The lowest BCUT2D eigenvalue weighted by molar-refractivity contribution is 0.0920. The molecule has 0 radical (unpaired) electrons. The Morgan fingerprint density at radius 1 is 1.12 bits per heavy atom. The van der Waals surface area contributed by atoms with Crippen LogP contribution in [0.5, 0.6) is 11.5 Å². The van der Waals surface area contributed by atoms with E-state index in [1.807, 2.05) is 0 Å². The number of nitrogens with two attached hydrogens (primary N) is 1. The summed E-state index contributed by atoms with van der Waals surface area (Å²) < 4.78 is 10.5. The van der Waals surface area contributed by atoms with Crippen molar-refractivity contribution in [1.29, 1.82) is 0 Å². The van der Waals surface area contributed by atoms with Gasteiger partial charge in [-0.05, 0) is 0 Å². The largest absolute Gasteiger partial charge is 0.496 e. The zero-order valence-electron chi connectivity index (χ0n) is 15.0. The molecule has 1 fully saturated rings. The Bertz CT molecular complexity index is 549. The highest BCUT2D eigenvalue weighted by Crippen LogP contribution is 2.31. The van der Waals surface area contributed by atoms with Gasteiger partial charge in [0.15, 0.2) is 0 Å². The van der Waals surface area contributed by atoms with Crippen molar-refractivity contribution in [3.05, 3.63) is 17.7 Å². The molecule has 1 aromatic carbocycles. The first-order chi connectivity index (χ1) is 12.1. The summed E-state index contributed by atoms with van der Waals surface area (Å²) in [5.74, 6) is 0.548. The average molecular weight is 352 g/mol. The van der Waals surface area contributed by atoms with E-state index in [9.17, 15) is 4.79 Å².